The largest absolute Gasteiger partial charge is 0.331 e. The van der Waals surface area contributed by atoms with Crippen molar-refractivity contribution in [3.63, 3.8) is 0 Å². The van der Waals surface area contributed by atoms with Crippen LogP contribution in [0.25, 0.3) is 0 Å². The van der Waals surface area contributed by atoms with Crippen molar-refractivity contribution in [3.05, 3.63) is 53.6 Å². The van der Waals surface area contributed by atoms with Crippen molar-refractivity contribution in [2.45, 2.75) is 38.9 Å². The Morgan fingerprint density at radius 1 is 1.28 bits per heavy atom. The van der Waals surface area contributed by atoms with Gasteiger partial charge in [-0.2, -0.15) is 0 Å². The van der Waals surface area contributed by atoms with Gasteiger partial charge in [-0.05, 0) is 30.9 Å². The van der Waals surface area contributed by atoms with Gasteiger partial charge in [-0.15, -0.1) is 0 Å². The minimum atomic E-state index is 0.757. The summed E-state index contributed by atoms with van der Waals surface area (Å²) >= 11 is 0. The molecule has 1 aromatic heterocycles. The molecule has 94 valence electrons. The van der Waals surface area contributed by atoms with Gasteiger partial charge in [0.2, 0.25) is 0 Å². The molecule has 0 aliphatic heterocycles. The molecule has 0 saturated heterocycles. The summed E-state index contributed by atoms with van der Waals surface area (Å²) in [6.07, 6.45) is 6.58. The standard InChI is InChI=1S/C15H19N3/c1-12-16-8-9-18(12)11-14-5-3-2-4-13(14)10-17-15-6-7-15/h2-5,8-9,15,17H,6-7,10-11H2,1H3. The van der Waals surface area contributed by atoms with Gasteiger partial charge < -0.3 is 9.88 Å². The molecule has 1 heterocycles. The van der Waals surface area contributed by atoms with E-state index in [-0.39, 0.29) is 0 Å². The van der Waals surface area contributed by atoms with Gasteiger partial charge in [0.1, 0.15) is 5.82 Å². The topological polar surface area (TPSA) is 29.9 Å². The Bertz CT molecular complexity index is 526. The normalized spacial score (nSPS) is 14.9. The SMILES string of the molecule is Cc1nccn1Cc1ccccc1CNC1CC1. The van der Waals surface area contributed by atoms with E-state index in [0.29, 0.717) is 0 Å². The Labute approximate surface area is 108 Å². The third kappa shape index (κ3) is 2.62. The van der Waals surface area contributed by atoms with Gasteiger partial charge in [0.05, 0.1) is 0 Å². The maximum Gasteiger partial charge on any atom is 0.105 e. The zero-order valence-corrected chi connectivity index (χ0v) is 10.8. The van der Waals surface area contributed by atoms with Crippen molar-refractivity contribution in [2.75, 3.05) is 0 Å². The molecule has 18 heavy (non-hydrogen) atoms. The summed E-state index contributed by atoms with van der Waals surface area (Å²) in [6.45, 7) is 3.94. The highest BCUT2D eigenvalue weighted by atomic mass is 15.0. The number of aryl methyl sites for hydroxylation is 1. The molecular formula is C15H19N3. The Morgan fingerprint density at radius 3 is 2.72 bits per heavy atom. The maximum absolute atomic E-state index is 4.27. The monoisotopic (exact) mass is 241 g/mol. The molecule has 1 aliphatic carbocycles. The van der Waals surface area contributed by atoms with Crippen molar-refractivity contribution in [1.29, 1.82) is 0 Å². The van der Waals surface area contributed by atoms with Crippen molar-refractivity contribution >= 4 is 0 Å². The number of hydrogen-bond donors (Lipinski definition) is 1. The number of nitrogens with one attached hydrogen (secondary N) is 1. The van der Waals surface area contributed by atoms with Crippen LogP contribution >= 0.6 is 0 Å². The first-order chi connectivity index (χ1) is 8.83. The number of aromatic nitrogens is 2. The molecule has 3 rings (SSSR count). The Balaban J connectivity index is 1.75. The summed E-state index contributed by atoms with van der Waals surface area (Å²) in [5.41, 5.74) is 2.78. The van der Waals surface area contributed by atoms with Crippen LogP contribution in [-0.4, -0.2) is 15.6 Å². The zero-order valence-electron chi connectivity index (χ0n) is 10.8. The Hall–Kier alpha value is -1.61. The highest BCUT2D eigenvalue weighted by molar-refractivity contribution is 5.27. The van der Waals surface area contributed by atoms with E-state index in [4.69, 9.17) is 0 Å². The summed E-state index contributed by atoms with van der Waals surface area (Å²) in [6, 6.07) is 9.42. The Kier molecular flexibility index (Phi) is 3.15. The van der Waals surface area contributed by atoms with E-state index in [0.717, 1.165) is 25.0 Å². The van der Waals surface area contributed by atoms with Crippen LogP contribution in [-0.2, 0) is 13.1 Å². The molecule has 1 aromatic carbocycles. The molecule has 0 spiro atoms. The second kappa shape index (κ2) is 4.94. The highest BCUT2D eigenvalue weighted by Crippen LogP contribution is 2.20. The molecule has 1 aliphatic rings. The number of hydrogen-bond acceptors (Lipinski definition) is 2. The predicted molar refractivity (Wildman–Crippen MR) is 72.4 cm³/mol. The lowest BCUT2D eigenvalue weighted by atomic mass is 10.1. The molecule has 1 saturated carbocycles. The van der Waals surface area contributed by atoms with Crippen LogP contribution in [0.5, 0.6) is 0 Å². The molecule has 2 aromatic rings. The molecule has 3 nitrogen and oxygen atoms in total. The van der Waals surface area contributed by atoms with E-state index in [1.807, 2.05) is 19.3 Å². The van der Waals surface area contributed by atoms with Gasteiger partial charge in [0.15, 0.2) is 0 Å². The highest BCUT2D eigenvalue weighted by Gasteiger charge is 2.20. The third-order valence-corrected chi connectivity index (χ3v) is 3.54. The van der Waals surface area contributed by atoms with Crippen LogP contribution in [0.15, 0.2) is 36.7 Å². The fourth-order valence-electron chi connectivity index (χ4n) is 2.18. The lowest BCUT2D eigenvalue weighted by Crippen LogP contribution is -2.17. The van der Waals surface area contributed by atoms with Crippen LogP contribution in [0.1, 0.15) is 29.8 Å². The Morgan fingerprint density at radius 2 is 2.06 bits per heavy atom. The lowest BCUT2D eigenvalue weighted by Gasteiger charge is -2.11. The average Bonchev–Trinajstić information content (AvgIpc) is 3.13. The number of nitrogens with zero attached hydrogens (tertiary/aromatic N) is 2. The van der Waals surface area contributed by atoms with E-state index in [1.54, 1.807) is 0 Å². The fourth-order valence-corrected chi connectivity index (χ4v) is 2.18. The number of rotatable bonds is 5. The summed E-state index contributed by atoms with van der Waals surface area (Å²) in [7, 11) is 0. The molecule has 0 radical (unpaired) electrons. The van der Waals surface area contributed by atoms with Crippen LogP contribution in [0.4, 0.5) is 0 Å². The molecule has 0 amide bonds. The molecule has 0 atom stereocenters. The van der Waals surface area contributed by atoms with Crippen molar-refractivity contribution in [3.8, 4) is 0 Å². The minimum absolute atomic E-state index is 0.757. The summed E-state index contributed by atoms with van der Waals surface area (Å²) < 4.78 is 2.19. The van der Waals surface area contributed by atoms with E-state index in [1.165, 1.54) is 24.0 Å². The first-order valence-electron chi connectivity index (χ1n) is 6.61. The van der Waals surface area contributed by atoms with Crippen LogP contribution in [0.3, 0.4) is 0 Å². The van der Waals surface area contributed by atoms with Crippen molar-refractivity contribution in [1.82, 2.24) is 14.9 Å². The van der Waals surface area contributed by atoms with E-state index >= 15 is 0 Å². The summed E-state index contributed by atoms with van der Waals surface area (Å²) in [5, 5.41) is 3.58. The van der Waals surface area contributed by atoms with Gasteiger partial charge in [0, 0.05) is 31.5 Å². The quantitative estimate of drug-likeness (QED) is 0.871. The minimum Gasteiger partial charge on any atom is -0.331 e. The maximum atomic E-state index is 4.27. The first kappa shape index (κ1) is 11.5. The predicted octanol–water partition coefficient (Wildman–Crippen LogP) is 2.49. The third-order valence-electron chi connectivity index (χ3n) is 3.54. The smallest absolute Gasteiger partial charge is 0.105 e. The van der Waals surface area contributed by atoms with Crippen LogP contribution < -0.4 is 5.32 Å². The average molecular weight is 241 g/mol. The zero-order chi connectivity index (χ0) is 12.4. The first-order valence-corrected chi connectivity index (χ1v) is 6.61. The molecule has 3 heteroatoms. The lowest BCUT2D eigenvalue weighted by molar-refractivity contribution is 0.673. The summed E-state index contributed by atoms with van der Waals surface area (Å²) in [5.74, 6) is 1.07. The number of imidazole rings is 1. The molecule has 0 bridgehead atoms. The second-order valence-corrected chi connectivity index (χ2v) is 5.03. The van der Waals surface area contributed by atoms with E-state index in [2.05, 4.69) is 39.1 Å². The number of benzene rings is 1. The molecule has 1 fully saturated rings. The fraction of sp³-hybridized carbons (Fsp3) is 0.400. The van der Waals surface area contributed by atoms with Gasteiger partial charge >= 0.3 is 0 Å². The van der Waals surface area contributed by atoms with Crippen molar-refractivity contribution < 1.29 is 0 Å². The molecular weight excluding hydrogens is 222 g/mol. The van der Waals surface area contributed by atoms with Gasteiger partial charge in [0.25, 0.3) is 0 Å². The van der Waals surface area contributed by atoms with Gasteiger partial charge in [-0.1, -0.05) is 24.3 Å². The summed E-state index contributed by atoms with van der Waals surface area (Å²) in [4.78, 5) is 4.27. The van der Waals surface area contributed by atoms with Crippen molar-refractivity contribution in [2.24, 2.45) is 0 Å². The molecule has 0 unspecified atom stereocenters. The molecule has 1 N–H and O–H groups in total. The van der Waals surface area contributed by atoms with Gasteiger partial charge in [-0.3, -0.25) is 0 Å². The van der Waals surface area contributed by atoms with Crippen LogP contribution in [0, 0.1) is 6.92 Å². The second-order valence-electron chi connectivity index (χ2n) is 5.03. The van der Waals surface area contributed by atoms with E-state index < -0.39 is 0 Å². The van der Waals surface area contributed by atoms with Gasteiger partial charge in [-0.25, -0.2) is 4.98 Å². The van der Waals surface area contributed by atoms with E-state index in [9.17, 15) is 0 Å². The van der Waals surface area contributed by atoms with Crippen LogP contribution in [0.2, 0.25) is 0 Å².